The predicted octanol–water partition coefficient (Wildman–Crippen LogP) is 2.62. The summed E-state index contributed by atoms with van der Waals surface area (Å²) >= 11 is 0. The van der Waals surface area contributed by atoms with Crippen LogP contribution in [0.3, 0.4) is 0 Å². The van der Waals surface area contributed by atoms with Gasteiger partial charge in [-0.15, -0.1) is 0 Å². The van der Waals surface area contributed by atoms with Crippen molar-refractivity contribution in [3.63, 3.8) is 0 Å². The molecule has 84 valence electrons. The number of nitrogens with zero attached hydrogens (tertiary/aromatic N) is 1. The Morgan fingerprint density at radius 3 is 2.56 bits per heavy atom. The monoisotopic (exact) mass is 217 g/mol. The molecule has 0 bridgehead atoms. The van der Waals surface area contributed by atoms with Gasteiger partial charge in [0.1, 0.15) is 5.75 Å². The molecular formula is C13H15NO2. The van der Waals surface area contributed by atoms with Crippen molar-refractivity contribution in [2.45, 2.75) is 13.8 Å². The van der Waals surface area contributed by atoms with Gasteiger partial charge < -0.3 is 9.30 Å². The number of carbonyl (C=O) groups excluding carboxylic acids is 1. The summed E-state index contributed by atoms with van der Waals surface area (Å²) < 4.78 is 7.21. The van der Waals surface area contributed by atoms with E-state index in [2.05, 4.69) is 0 Å². The number of rotatable bonds is 2. The van der Waals surface area contributed by atoms with E-state index in [0.29, 0.717) is 0 Å². The van der Waals surface area contributed by atoms with Crippen LogP contribution in [-0.2, 0) is 7.05 Å². The van der Waals surface area contributed by atoms with Gasteiger partial charge in [0.15, 0.2) is 6.29 Å². The Labute approximate surface area is 94.6 Å². The van der Waals surface area contributed by atoms with Crippen LogP contribution in [0.2, 0.25) is 0 Å². The molecule has 1 heterocycles. The number of methoxy groups -OCH3 is 1. The van der Waals surface area contributed by atoms with Crippen molar-refractivity contribution in [1.29, 1.82) is 0 Å². The highest BCUT2D eigenvalue weighted by Gasteiger charge is 2.13. The van der Waals surface area contributed by atoms with Crippen LogP contribution in [0.15, 0.2) is 12.1 Å². The lowest BCUT2D eigenvalue weighted by Gasteiger charge is -2.05. The highest BCUT2D eigenvalue weighted by atomic mass is 16.5. The van der Waals surface area contributed by atoms with Crippen molar-refractivity contribution in [3.05, 3.63) is 29.0 Å². The van der Waals surface area contributed by atoms with Crippen LogP contribution in [-0.4, -0.2) is 18.0 Å². The molecule has 0 aliphatic rings. The fraction of sp³-hybridized carbons (Fsp3) is 0.308. The predicted molar refractivity (Wildman–Crippen MR) is 64.3 cm³/mol. The molecule has 0 N–H and O–H groups in total. The summed E-state index contributed by atoms with van der Waals surface area (Å²) in [6.45, 7) is 3.96. The first-order chi connectivity index (χ1) is 7.60. The lowest BCUT2D eigenvalue weighted by molar-refractivity contribution is 0.111. The Morgan fingerprint density at radius 2 is 2.00 bits per heavy atom. The Kier molecular flexibility index (Phi) is 2.46. The second-order valence-corrected chi connectivity index (χ2v) is 4.03. The summed E-state index contributed by atoms with van der Waals surface area (Å²) in [5.41, 5.74) is 3.87. The van der Waals surface area contributed by atoms with Crippen LogP contribution in [0, 0.1) is 13.8 Å². The van der Waals surface area contributed by atoms with Gasteiger partial charge in [0, 0.05) is 18.0 Å². The molecule has 0 aliphatic heterocycles. The molecule has 3 heteroatoms. The van der Waals surface area contributed by atoms with Crippen molar-refractivity contribution in [2.24, 2.45) is 7.05 Å². The quantitative estimate of drug-likeness (QED) is 0.724. The number of benzene rings is 1. The number of aldehydes is 1. The molecule has 0 radical (unpaired) electrons. The molecule has 16 heavy (non-hydrogen) atoms. The van der Waals surface area contributed by atoms with Gasteiger partial charge in [0.05, 0.1) is 12.8 Å². The molecule has 3 nitrogen and oxygen atoms in total. The number of carbonyl (C=O) groups is 1. The van der Waals surface area contributed by atoms with E-state index >= 15 is 0 Å². The third-order valence-electron chi connectivity index (χ3n) is 3.14. The molecular weight excluding hydrogens is 202 g/mol. The van der Waals surface area contributed by atoms with Crippen LogP contribution in [0.4, 0.5) is 0 Å². The van der Waals surface area contributed by atoms with Crippen molar-refractivity contribution >= 4 is 17.2 Å². The topological polar surface area (TPSA) is 31.2 Å². The highest BCUT2D eigenvalue weighted by molar-refractivity contribution is 5.94. The zero-order chi connectivity index (χ0) is 11.9. The molecule has 0 amide bonds. The lowest BCUT2D eigenvalue weighted by atomic mass is 10.1. The smallest absolute Gasteiger partial charge is 0.166 e. The molecule has 0 spiro atoms. The lowest BCUT2D eigenvalue weighted by Crippen LogP contribution is -1.95. The minimum Gasteiger partial charge on any atom is -0.496 e. The third kappa shape index (κ3) is 1.32. The van der Waals surface area contributed by atoms with Crippen LogP contribution in [0.1, 0.15) is 21.6 Å². The minimum atomic E-state index is 0.725. The zero-order valence-corrected chi connectivity index (χ0v) is 10.00. The molecule has 0 fully saturated rings. The second-order valence-electron chi connectivity index (χ2n) is 4.03. The molecule has 0 aliphatic carbocycles. The standard InChI is InChI=1S/C13H15NO2/c1-8-5-11-10(6-13(8)16-4)9(2)12(7-15)14(11)3/h5-7H,1-4H3. The van der Waals surface area contributed by atoms with Crippen molar-refractivity contribution < 1.29 is 9.53 Å². The minimum absolute atomic E-state index is 0.725. The van der Waals surface area contributed by atoms with Crippen molar-refractivity contribution in [2.75, 3.05) is 7.11 Å². The third-order valence-corrected chi connectivity index (χ3v) is 3.14. The van der Waals surface area contributed by atoms with E-state index in [1.807, 2.05) is 37.6 Å². The summed E-state index contributed by atoms with van der Waals surface area (Å²) in [4.78, 5) is 11.0. The molecule has 2 aromatic rings. The first-order valence-electron chi connectivity index (χ1n) is 5.19. The van der Waals surface area contributed by atoms with Gasteiger partial charge >= 0.3 is 0 Å². The molecule has 0 saturated heterocycles. The van der Waals surface area contributed by atoms with E-state index in [9.17, 15) is 4.79 Å². The fourth-order valence-corrected chi connectivity index (χ4v) is 2.16. The maximum absolute atomic E-state index is 11.0. The van der Waals surface area contributed by atoms with Crippen LogP contribution in [0.25, 0.3) is 10.9 Å². The van der Waals surface area contributed by atoms with Crippen LogP contribution in [0.5, 0.6) is 5.75 Å². The number of hydrogen-bond donors (Lipinski definition) is 0. The molecule has 2 rings (SSSR count). The fourth-order valence-electron chi connectivity index (χ4n) is 2.16. The highest BCUT2D eigenvalue weighted by Crippen LogP contribution is 2.30. The van der Waals surface area contributed by atoms with Crippen molar-refractivity contribution in [1.82, 2.24) is 4.57 Å². The molecule has 1 aromatic carbocycles. The first-order valence-corrected chi connectivity index (χ1v) is 5.19. The molecule has 0 saturated carbocycles. The van der Waals surface area contributed by atoms with E-state index in [1.54, 1.807) is 7.11 Å². The maximum atomic E-state index is 11.0. The van der Waals surface area contributed by atoms with E-state index in [1.165, 1.54) is 0 Å². The number of hydrogen-bond acceptors (Lipinski definition) is 2. The number of fused-ring (bicyclic) bond motifs is 1. The second kappa shape index (κ2) is 3.67. The van der Waals surface area contributed by atoms with E-state index in [4.69, 9.17) is 4.74 Å². The van der Waals surface area contributed by atoms with Crippen molar-refractivity contribution in [3.8, 4) is 5.75 Å². The average Bonchev–Trinajstić information content (AvgIpc) is 2.50. The summed E-state index contributed by atoms with van der Waals surface area (Å²) in [6.07, 6.45) is 0.900. The summed E-state index contributed by atoms with van der Waals surface area (Å²) in [5.74, 6) is 0.860. The van der Waals surface area contributed by atoms with Gasteiger partial charge in [0.2, 0.25) is 0 Å². The van der Waals surface area contributed by atoms with Gasteiger partial charge in [0.25, 0.3) is 0 Å². The Morgan fingerprint density at radius 1 is 1.31 bits per heavy atom. The van der Waals surface area contributed by atoms with Crippen LogP contribution >= 0.6 is 0 Å². The normalized spacial score (nSPS) is 10.8. The summed E-state index contributed by atoms with van der Waals surface area (Å²) in [5, 5.41) is 1.08. The number of aryl methyl sites for hydroxylation is 3. The van der Waals surface area contributed by atoms with Crippen LogP contribution < -0.4 is 4.74 Å². The van der Waals surface area contributed by atoms with Gasteiger partial charge in [-0.25, -0.2) is 0 Å². The summed E-state index contributed by atoms with van der Waals surface area (Å²) in [6, 6.07) is 4.04. The van der Waals surface area contributed by atoms with Gasteiger partial charge in [-0.3, -0.25) is 4.79 Å². The molecule has 1 aromatic heterocycles. The Hall–Kier alpha value is -1.77. The van der Waals surface area contributed by atoms with Gasteiger partial charge in [-0.05, 0) is 37.1 Å². The van der Waals surface area contributed by atoms with E-state index in [0.717, 1.165) is 39.8 Å². The van der Waals surface area contributed by atoms with E-state index < -0.39 is 0 Å². The van der Waals surface area contributed by atoms with E-state index in [-0.39, 0.29) is 0 Å². The van der Waals surface area contributed by atoms with Gasteiger partial charge in [-0.2, -0.15) is 0 Å². The number of aromatic nitrogens is 1. The van der Waals surface area contributed by atoms with Gasteiger partial charge in [-0.1, -0.05) is 0 Å². The SMILES string of the molecule is COc1cc2c(C)c(C=O)n(C)c2cc1C. The largest absolute Gasteiger partial charge is 0.496 e. The average molecular weight is 217 g/mol. The maximum Gasteiger partial charge on any atom is 0.166 e. The Bertz CT molecular complexity index is 567. The summed E-state index contributed by atoms with van der Waals surface area (Å²) in [7, 11) is 3.57. The number of ether oxygens (including phenoxy) is 1. The zero-order valence-electron chi connectivity index (χ0n) is 10.00. The first kappa shape index (κ1) is 10.7. The Balaban J connectivity index is 2.89. The molecule has 0 atom stereocenters. The molecule has 0 unspecified atom stereocenters.